The van der Waals surface area contributed by atoms with E-state index in [-0.39, 0.29) is 5.56 Å². The number of hydrogen-bond acceptors (Lipinski definition) is 5. The third-order valence-electron chi connectivity index (χ3n) is 2.28. The van der Waals surface area contributed by atoms with Crippen molar-refractivity contribution >= 4 is 17.2 Å². The molecule has 2 aromatic heterocycles. The van der Waals surface area contributed by atoms with Gasteiger partial charge in [-0.05, 0) is 6.92 Å². The van der Waals surface area contributed by atoms with E-state index in [9.17, 15) is 4.79 Å². The summed E-state index contributed by atoms with van der Waals surface area (Å²) in [7, 11) is 1.70. The Kier molecular flexibility index (Phi) is 3.00. The summed E-state index contributed by atoms with van der Waals surface area (Å²) in [5, 5.41) is 3.02. The van der Waals surface area contributed by atoms with Crippen molar-refractivity contribution in [1.82, 2.24) is 14.5 Å². The van der Waals surface area contributed by atoms with E-state index in [1.54, 1.807) is 36.3 Å². The predicted octanol–water partition coefficient (Wildman–Crippen LogP) is 1.16. The Morgan fingerprint density at radius 3 is 3.00 bits per heavy atom. The zero-order chi connectivity index (χ0) is 11.5. The fourth-order valence-electron chi connectivity index (χ4n) is 1.28. The van der Waals surface area contributed by atoms with Crippen molar-refractivity contribution in [2.45, 2.75) is 13.5 Å². The first-order chi connectivity index (χ1) is 7.68. The second-order valence-electron chi connectivity index (χ2n) is 3.41. The molecular weight excluding hydrogens is 224 g/mol. The summed E-state index contributed by atoms with van der Waals surface area (Å²) >= 11 is 1.57. The number of thiazole rings is 1. The highest BCUT2D eigenvalue weighted by Crippen LogP contribution is 2.12. The number of nitrogens with one attached hydrogen (secondary N) is 1. The molecule has 16 heavy (non-hydrogen) atoms. The molecule has 0 atom stereocenters. The average molecular weight is 236 g/mol. The van der Waals surface area contributed by atoms with Crippen LogP contribution in [0.1, 0.15) is 10.6 Å². The molecule has 0 aliphatic rings. The Bertz CT molecular complexity index is 546. The summed E-state index contributed by atoms with van der Waals surface area (Å²) in [5.41, 5.74) is 2.66. The lowest BCUT2D eigenvalue weighted by Gasteiger charge is -2.04. The predicted molar refractivity (Wildman–Crippen MR) is 63.7 cm³/mol. The maximum Gasteiger partial charge on any atom is 0.293 e. The summed E-state index contributed by atoms with van der Waals surface area (Å²) in [4.78, 5) is 20.9. The monoisotopic (exact) mass is 236 g/mol. The third kappa shape index (κ3) is 2.11. The first-order valence-corrected chi connectivity index (χ1v) is 5.71. The van der Waals surface area contributed by atoms with Crippen LogP contribution >= 0.6 is 11.3 Å². The van der Waals surface area contributed by atoms with E-state index in [4.69, 9.17) is 0 Å². The maximum absolute atomic E-state index is 11.6. The van der Waals surface area contributed by atoms with Crippen molar-refractivity contribution in [3.05, 3.63) is 38.8 Å². The molecule has 6 heteroatoms. The highest BCUT2D eigenvalue weighted by atomic mass is 32.1. The zero-order valence-corrected chi connectivity index (χ0v) is 9.91. The number of anilines is 1. The molecule has 0 amide bonds. The molecule has 0 saturated carbocycles. The molecule has 0 aliphatic carbocycles. The molecule has 2 rings (SSSR count). The lowest BCUT2D eigenvalue weighted by molar-refractivity contribution is 0.839. The van der Waals surface area contributed by atoms with Crippen LogP contribution in [0.2, 0.25) is 0 Å². The molecule has 1 N–H and O–H groups in total. The lowest BCUT2D eigenvalue weighted by atomic mass is 10.4. The minimum Gasteiger partial charge on any atom is -0.361 e. The number of aromatic nitrogens is 3. The summed E-state index contributed by atoms with van der Waals surface area (Å²) in [6, 6.07) is 0. The second-order valence-corrected chi connectivity index (χ2v) is 4.35. The second kappa shape index (κ2) is 4.44. The van der Waals surface area contributed by atoms with Crippen LogP contribution in [-0.2, 0) is 13.6 Å². The van der Waals surface area contributed by atoms with Crippen LogP contribution in [0.5, 0.6) is 0 Å². The quantitative estimate of drug-likeness (QED) is 0.868. The fraction of sp³-hybridized carbons (Fsp3) is 0.300. The first kappa shape index (κ1) is 10.8. The molecule has 0 radical (unpaired) electrons. The molecule has 2 aromatic rings. The molecule has 0 saturated heterocycles. The van der Waals surface area contributed by atoms with Gasteiger partial charge in [-0.2, -0.15) is 0 Å². The largest absolute Gasteiger partial charge is 0.361 e. The van der Waals surface area contributed by atoms with Gasteiger partial charge < -0.3 is 9.88 Å². The molecule has 5 nitrogen and oxygen atoms in total. The van der Waals surface area contributed by atoms with Gasteiger partial charge in [-0.3, -0.25) is 4.79 Å². The zero-order valence-electron chi connectivity index (χ0n) is 9.10. The van der Waals surface area contributed by atoms with Crippen LogP contribution in [-0.4, -0.2) is 14.5 Å². The molecule has 0 aliphatic heterocycles. The van der Waals surface area contributed by atoms with Crippen molar-refractivity contribution in [2.75, 3.05) is 5.32 Å². The van der Waals surface area contributed by atoms with Gasteiger partial charge in [0.05, 0.1) is 17.7 Å². The van der Waals surface area contributed by atoms with Crippen molar-refractivity contribution in [1.29, 1.82) is 0 Å². The average Bonchev–Trinajstić information content (AvgIpc) is 2.67. The van der Waals surface area contributed by atoms with Gasteiger partial charge in [0, 0.05) is 24.3 Å². The number of nitrogens with zero attached hydrogens (tertiary/aromatic N) is 3. The van der Waals surface area contributed by atoms with Crippen molar-refractivity contribution in [3.63, 3.8) is 0 Å². The van der Waals surface area contributed by atoms with Crippen LogP contribution in [0.3, 0.4) is 0 Å². The lowest BCUT2D eigenvalue weighted by Crippen LogP contribution is -2.21. The molecule has 2 heterocycles. The molecule has 84 valence electrons. The minimum atomic E-state index is -0.121. The van der Waals surface area contributed by atoms with E-state index in [0.29, 0.717) is 12.4 Å². The van der Waals surface area contributed by atoms with E-state index in [0.717, 1.165) is 10.6 Å². The molecule has 0 aromatic carbocycles. The van der Waals surface area contributed by atoms with E-state index < -0.39 is 0 Å². The van der Waals surface area contributed by atoms with Crippen LogP contribution in [0.4, 0.5) is 5.82 Å². The summed E-state index contributed by atoms with van der Waals surface area (Å²) in [5.74, 6) is 0.373. The van der Waals surface area contributed by atoms with Gasteiger partial charge in [0.15, 0.2) is 5.82 Å². The maximum atomic E-state index is 11.6. The van der Waals surface area contributed by atoms with Gasteiger partial charge in [0.2, 0.25) is 0 Å². The molecule has 0 fully saturated rings. The van der Waals surface area contributed by atoms with Crippen LogP contribution < -0.4 is 10.9 Å². The Hall–Kier alpha value is -1.69. The fourth-order valence-corrected chi connectivity index (χ4v) is 2.00. The molecule has 0 bridgehead atoms. The minimum absolute atomic E-state index is 0.121. The van der Waals surface area contributed by atoms with Crippen molar-refractivity contribution < 1.29 is 0 Å². The SMILES string of the molecule is Cc1ncsc1CNc1nccn(C)c1=O. The van der Waals surface area contributed by atoms with Gasteiger partial charge in [-0.1, -0.05) is 0 Å². The Labute approximate surface area is 96.8 Å². The van der Waals surface area contributed by atoms with Crippen molar-refractivity contribution in [3.8, 4) is 0 Å². The van der Waals surface area contributed by atoms with Crippen LogP contribution in [0.15, 0.2) is 22.7 Å². The normalized spacial score (nSPS) is 10.4. The van der Waals surface area contributed by atoms with E-state index in [2.05, 4.69) is 15.3 Å². The Balaban J connectivity index is 2.14. The Morgan fingerprint density at radius 2 is 2.31 bits per heavy atom. The topological polar surface area (TPSA) is 59.8 Å². The smallest absolute Gasteiger partial charge is 0.293 e. The van der Waals surface area contributed by atoms with E-state index in [1.165, 1.54) is 4.57 Å². The Morgan fingerprint density at radius 1 is 1.50 bits per heavy atom. The molecular formula is C10H12N4OS. The number of aryl methyl sites for hydroxylation is 2. The van der Waals surface area contributed by atoms with Gasteiger partial charge >= 0.3 is 0 Å². The van der Waals surface area contributed by atoms with Crippen LogP contribution in [0.25, 0.3) is 0 Å². The van der Waals surface area contributed by atoms with Crippen LogP contribution in [0, 0.1) is 6.92 Å². The number of hydrogen-bond donors (Lipinski definition) is 1. The third-order valence-corrected chi connectivity index (χ3v) is 3.21. The van der Waals surface area contributed by atoms with Gasteiger partial charge in [-0.25, -0.2) is 9.97 Å². The number of rotatable bonds is 3. The summed E-state index contributed by atoms with van der Waals surface area (Å²) < 4.78 is 1.49. The first-order valence-electron chi connectivity index (χ1n) is 4.83. The van der Waals surface area contributed by atoms with E-state index in [1.807, 2.05) is 6.92 Å². The molecule has 0 unspecified atom stereocenters. The van der Waals surface area contributed by atoms with Crippen molar-refractivity contribution in [2.24, 2.45) is 7.05 Å². The van der Waals surface area contributed by atoms with Gasteiger partial charge in [0.25, 0.3) is 5.56 Å². The highest BCUT2D eigenvalue weighted by Gasteiger charge is 2.04. The molecule has 0 spiro atoms. The van der Waals surface area contributed by atoms with Gasteiger partial charge in [-0.15, -0.1) is 11.3 Å². The summed E-state index contributed by atoms with van der Waals surface area (Å²) in [6.07, 6.45) is 3.23. The van der Waals surface area contributed by atoms with E-state index >= 15 is 0 Å². The highest BCUT2D eigenvalue weighted by molar-refractivity contribution is 7.09. The van der Waals surface area contributed by atoms with Gasteiger partial charge in [0.1, 0.15) is 0 Å². The summed E-state index contributed by atoms with van der Waals surface area (Å²) in [6.45, 7) is 2.53. The standard InChI is InChI=1S/C10H12N4OS/c1-7-8(16-6-13-7)5-12-9-10(15)14(2)4-3-11-9/h3-4,6H,5H2,1-2H3,(H,11,12).